The Morgan fingerprint density at radius 3 is 0.867 bits per heavy atom. The number of hydrogen-bond acceptors (Lipinski definition) is 6. The number of unbranched alkanes of at least 4 members (excludes halogenated alkanes) is 30. The minimum Gasteiger partial charge on any atom is -0.462 e. The van der Waals surface area contributed by atoms with Crippen molar-refractivity contribution in [1.29, 1.82) is 0 Å². The number of hydrogen-bond donors (Lipinski definition) is 0. The van der Waals surface area contributed by atoms with Gasteiger partial charge in [-0.1, -0.05) is 272 Å². The van der Waals surface area contributed by atoms with Crippen LogP contribution in [-0.2, 0) is 28.6 Å². The molecular formula is C69H118O6. The first-order chi connectivity index (χ1) is 37.0. The van der Waals surface area contributed by atoms with E-state index in [1.807, 2.05) is 6.08 Å². The number of carbonyl (C=O) groups is 3. The fourth-order valence-electron chi connectivity index (χ4n) is 8.81. The van der Waals surface area contributed by atoms with Gasteiger partial charge in [0.05, 0.1) is 0 Å². The smallest absolute Gasteiger partial charge is 0.306 e. The molecule has 0 heterocycles. The number of carbonyl (C=O) groups excluding carboxylic acids is 3. The zero-order valence-electron chi connectivity index (χ0n) is 49.3. The first-order valence-corrected chi connectivity index (χ1v) is 31.7. The highest BCUT2D eigenvalue weighted by molar-refractivity contribution is 5.71. The molecule has 0 aromatic carbocycles. The molecule has 0 saturated heterocycles. The van der Waals surface area contributed by atoms with Gasteiger partial charge in [-0.05, 0) is 109 Å². The maximum atomic E-state index is 12.9. The number of ether oxygens (including phenoxy) is 3. The molecule has 75 heavy (non-hydrogen) atoms. The largest absolute Gasteiger partial charge is 0.462 e. The summed E-state index contributed by atoms with van der Waals surface area (Å²) in [6.45, 7) is 6.48. The van der Waals surface area contributed by atoms with Crippen molar-refractivity contribution in [3.8, 4) is 0 Å². The predicted molar refractivity (Wildman–Crippen MR) is 325 cm³/mol. The van der Waals surface area contributed by atoms with Crippen LogP contribution >= 0.6 is 0 Å². The first-order valence-electron chi connectivity index (χ1n) is 31.7. The van der Waals surface area contributed by atoms with Crippen molar-refractivity contribution in [2.45, 2.75) is 309 Å². The van der Waals surface area contributed by atoms with E-state index < -0.39 is 12.1 Å². The molecule has 0 aromatic heterocycles. The standard InChI is InChI=1S/C69H118O6/c1-4-7-10-13-16-19-22-25-28-31-33-34-36-38-41-44-47-50-53-56-59-62-68(71)74-65-66(64-73-67(70)61-58-55-52-49-46-43-40-37-30-27-24-21-18-15-12-9-6-3)75-69(72)63-60-57-54-51-48-45-42-39-35-32-29-26-23-20-17-14-11-8-5-2/h8,11,17,20,26-27,29-31,33,35,39,45,48,54,57,66H,4-7,9-10,12-16,18-19,21-25,28,32,34,36-38,40-44,46-47,49-53,55-56,58-65H2,1-3H3/b11-8-,20-17-,29-26-,30-27-,33-31-,39-35-,48-45-,57-54-. The van der Waals surface area contributed by atoms with Gasteiger partial charge in [-0.15, -0.1) is 0 Å². The van der Waals surface area contributed by atoms with E-state index in [0.29, 0.717) is 19.3 Å². The number of allylic oxidation sites excluding steroid dienone is 16. The third kappa shape index (κ3) is 61.1. The van der Waals surface area contributed by atoms with E-state index in [-0.39, 0.29) is 31.6 Å². The molecule has 0 rings (SSSR count). The van der Waals surface area contributed by atoms with Gasteiger partial charge in [0, 0.05) is 19.3 Å². The molecule has 0 aliphatic carbocycles. The van der Waals surface area contributed by atoms with Crippen LogP contribution in [0.15, 0.2) is 97.2 Å². The minimum absolute atomic E-state index is 0.109. The second kappa shape index (κ2) is 62.9. The Balaban J connectivity index is 4.47. The summed E-state index contributed by atoms with van der Waals surface area (Å²) in [5.74, 6) is -0.992. The molecule has 0 fully saturated rings. The first kappa shape index (κ1) is 71.3. The monoisotopic (exact) mass is 1040 g/mol. The lowest BCUT2D eigenvalue weighted by Crippen LogP contribution is -2.30. The molecule has 0 radical (unpaired) electrons. The van der Waals surface area contributed by atoms with Crippen LogP contribution in [0.4, 0.5) is 0 Å². The molecule has 0 bridgehead atoms. The van der Waals surface area contributed by atoms with Crippen LogP contribution in [0.25, 0.3) is 0 Å². The van der Waals surface area contributed by atoms with Gasteiger partial charge in [0.1, 0.15) is 13.2 Å². The second-order valence-corrected chi connectivity index (χ2v) is 20.9. The fourth-order valence-corrected chi connectivity index (χ4v) is 8.81. The van der Waals surface area contributed by atoms with E-state index in [1.54, 1.807) is 0 Å². The molecule has 1 atom stereocenters. The summed E-state index contributed by atoms with van der Waals surface area (Å²) in [5, 5.41) is 0. The highest BCUT2D eigenvalue weighted by atomic mass is 16.6. The van der Waals surface area contributed by atoms with Gasteiger partial charge in [-0.3, -0.25) is 14.4 Å². The highest BCUT2D eigenvalue weighted by Crippen LogP contribution is 2.15. The summed E-state index contributed by atoms with van der Waals surface area (Å²) >= 11 is 0. The fraction of sp³-hybridized carbons (Fsp3) is 0.725. The third-order valence-corrected chi connectivity index (χ3v) is 13.6. The lowest BCUT2D eigenvalue weighted by atomic mass is 10.1. The summed E-state index contributed by atoms with van der Waals surface area (Å²) in [6.07, 6.45) is 84.2. The van der Waals surface area contributed by atoms with E-state index in [9.17, 15) is 14.4 Å². The molecule has 0 N–H and O–H groups in total. The maximum Gasteiger partial charge on any atom is 0.306 e. The molecule has 0 aliphatic rings. The van der Waals surface area contributed by atoms with Crippen LogP contribution in [0.3, 0.4) is 0 Å². The van der Waals surface area contributed by atoms with Crippen LogP contribution < -0.4 is 0 Å². The Labute approximate surface area is 464 Å². The molecule has 0 aromatic rings. The van der Waals surface area contributed by atoms with Crippen LogP contribution in [0.2, 0.25) is 0 Å². The number of rotatable bonds is 57. The molecule has 0 spiro atoms. The quantitative estimate of drug-likeness (QED) is 0.0261. The Bertz CT molecular complexity index is 1480. The molecule has 430 valence electrons. The van der Waals surface area contributed by atoms with Gasteiger partial charge in [-0.25, -0.2) is 0 Å². The molecular weight excluding hydrogens is 925 g/mol. The lowest BCUT2D eigenvalue weighted by molar-refractivity contribution is -0.166. The van der Waals surface area contributed by atoms with Crippen molar-refractivity contribution in [2.24, 2.45) is 0 Å². The van der Waals surface area contributed by atoms with Crippen molar-refractivity contribution in [3.05, 3.63) is 97.2 Å². The van der Waals surface area contributed by atoms with Gasteiger partial charge >= 0.3 is 17.9 Å². The average Bonchev–Trinajstić information content (AvgIpc) is 3.41. The van der Waals surface area contributed by atoms with Gasteiger partial charge in [-0.2, -0.15) is 0 Å². The SMILES string of the molecule is CC/C=C\C/C=C\C/C=C\C/C=C\C/C=C\C/C=C\CCC(=O)OC(COC(=O)CCCCCCCCC/C=C\CCCCCCCC)COC(=O)CCCCCCCCCCC/C=C\CCCCCCCCCC. The highest BCUT2D eigenvalue weighted by Gasteiger charge is 2.19. The zero-order valence-corrected chi connectivity index (χ0v) is 49.3. The summed E-state index contributed by atoms with van der Waals surface area (Å²) in [4.78, 5) is 38.3. The van der Waals surface area contributed by atoms with Crippen molar-refractivity contribution < 1.29 is 28.6 Å². The maximum absolute atomic E-state index is 12.9. The van der Waals surface area contributed by atoms with Crippen molar-refractivity contribution >= 4 is 17.9 Å². The summed E-state index contributed by atoms with van der Waals surface area (Å²) in [7, 11) is 0. The topological polar surface area (TPSA) is 78.9 Å². The normalized spacial score (nSPS) is 12.7. The van der Waals surface area contributed by atoms with Crippen molar-refractivity contribution in [3.63, 3.8) is 0 Å². The van der Waals surface area contributed by atoms with E-state index in [2.05, 4.69) is 112 Å². The Hall–Kier alpha value is -3.67. The van der Waals surface area contributed by atoms with E-state index in [4.69, 9.17) is 14.2 Å². The van der Waals surface area contributed by atoms with Gasteiger partial charge < -0.3 is 14.2 Å². The van der Waals surface area contributed by atoms with Crippen LogP contribution in [0.5, 0.6) is 0 Å². The van der Waals surface area contributed by atoms with Crippen LogP contribution in [0.1, 0.15) is 303 Å². The van der Waals surface area contributed by atoms with Crippen molar-refractivity contribution in [2.75, 3.05) is 13.2 Å². The average molecular weight is 1040 g/mol. The summed E-state index contributed by atoms with van der Waals surface area (Å²) in [6, 6.07) is 0. The van der Waals surface area contributed by atoms with E-state index >= 15 is 0 Å². The zero-order chi connectivity index (χ0) is 54.3. The van der Waals surface area contributed by atoms with Crippen LogP contribution in [0, 0.1) is 0 Å². The summed E-state index contributed by atoms with van der Waals surface area (Å²) in [5.41, 5.74) is 0. The second-order valence-electron chi connectivity index (χ2n) is 20.9. The Morgan fingerprint density at radius 1 is 0.280 bits per heavy atom. The molecule has 0 aliphatic heterocycles. The van der Waals surface area contributed by atoms with Gasteiger partial charge in [0.15, 0.2) is 6.10 Å². The van der Waals surface area contributed by atoms with Gasteiger partial charge in [0.25, 0.3) is 0 Å². The minimum atomic E-state index is -0.822. The van der Waals surface area contributed by atoms with E-state index in [0.717, 1.165) is 77.0 Å². The lowest BCUT2D eigenvalue weighted by Gasteiger charge is -2.18. The molecule has 6 nitrogen and oxygen atoms in total. The molecule has 0 amide bonds. The summed E-state index contributed by atoms with van der Waals surface area (Å²) < 4.78 is 16.9. The Morgan fingerprint density at radius 2 is 0.547 bits per heavy atom. The van der Waals surface area contributed by atoms with Crippen LogP contribution in [-0.4, -0.2) is 37.2 Å². The Kier molecular flexibility index (Phi) is 59.8. The van der Waals surface area contributed by atoms with Gasteiger partial charge in [0.2, 0.25) is 0 Å². The van der Waals surface area contributed by atoms with Crippen molar-refractivity contribution in [1.82, 2.24) is 0 Å². The molecule has 6 heteroatoms. The predicted octanol–water partition coefficient (Wildman–Crippen LogP) is 21.7. The third-order valence-electron chi connectivity index (χ3n) is 13.6. The molecule has 1 unspecified atom stereocenters. The number of esters is 3. The van der Waals surface area contributed by atoms with E-state index in [1.165, 1.54) is 180 Å². The molecule has 0 saturated carbocycles.